The number of rotatable bonds is 7. The molecule has 152 valence electrons. The van der Waals surface area contributed by atoms with E-state index in [1.807, 2.05) is 25.1 Å². The first-order chi connectivity index (χ1) is 14.4. The molecular weight excluding hydrogens is 468 g/mol. The van der Waals surface area contributed by atoms with Crippen molar-refractivity contribution < 1.29 is 14.3 Å². The SMILES string of the molecule is Cc1ccc(C(C#N)C(=O)C(C)Oc2ccc(Oc3ccc(Br)cn3)cc2)c(Cl)c1. The standard InChI is InChI=1S/C23H18BrClN2O3/c1-14-3-9-19(21(25)11-14)20(12-26)23(28)15(2)29-17-5-7-18(8-6-17)30-22-10-4-16(24)13-27-22/h3-11,13,15,20H,1-2H3. The topological polar surface area (TPSA) is 72.2 Å². The third-order valence-corrected chi connectivity index (χ3v) is 5.14. The molecule has 0 N–H and O–H groups in total. The summed E-state index contributed by atoms with van der Waals surface area (Å²) >= 11 is 9.56. The largest absolute Gasteiger partial charge is 0.483 e. The van der Waals surface area contributed by atoms with E-state index in [4.69, 9.17) is 21.1 Å². The van der Waals surface area contributed by atoms with E-state index in [0.717, 1.165) is 10.0 Å². The quantitative estimate of drug-likeness (QED) is 0.396. The number of nitriles is 1. The molecule has 0 saturated carbocycles. The van der Waals surface area contributed by atoms with Gasteiger partial charge in [0.05, 0.1) is 6.07 Å². The van der Waals surface area contributed by atoms with Crippen molar-refractivity contribution in [3.63, 3.8) is 0 Å². The van der Waals surface area contributed by atoms with E-state index < -0.39 is 12.0 Å². The van der Waals surface area contributed by atoms with Crippen LogP contribution in [0.4, 0.5) is 0 Å². The van der Waals surface area contributed by atoms with Gasteiger partial charge in [-0.25, -0.2) is 4.98 Å². The molecule has 0 bridgehead atoms. The Morgan fingerprint density at radius 1 is 1.13 bits per heavy atom. The number of pyridine rings is 1. The maximum atomic E-state index is 12.8. The van der Waals surface area contributed by atoms with Gasteiger partial charge in [0, 0.05) is 21.8 Å². The summed E-state index contributed by atoms with van der Waals surface area (Å²) in [5, 5.41) is 9.94. The molecule has 2 unspecified atom stereocenters. The average molecular weight is 486 g/mol. The molecule has 1 heterocycles. The van der Waals surface area contributed by atoms with Gasteiger partial charge >= 0.3 is 0 Å². The Balaban J connectivity index is 1.67. The van der Waals surface area contributed by atoms with E-state index in [0.29, 0.717) is 28.0 Å². The molecule has 1 aromatic heterocycles. The summed E-state index contributed by atoms with van der Waals surface area (Å²) in [6, 6.07) is 17.7. The minimum atomic E-state index is -1.00. The minimum Gasteiger partial charge on any atom is -0.483 e. The number of hydrogen-bond acceptors (Lipinski definition) is 5. The van der Waals surface area contributed by atoms with Crippen molar-refractivity contribution in [1.82, 2.24) is 4.98 Å². The predicted molar refractivity (Wildman–Crippen MR) is 118 cm³/mol. The number of halogens is 2. The van der Waals surface area contributed by atoms with Gasteiger partial charge < -0.3 is 9.47 Å². The van der Waals surface area contributed by atoms with Crippen LogP contribution in [-0.4, -0.2) is 16.9 Å². The highest BCUT2D eigenvalue weighted by Gasteiger charge is 2.28. The van der Waals surface area contributed by atoms with Crippen molar-refractivity contribution in [2.24, 2.45) is 0 Å². The summed E-state index contributed by atoms with van der Waals surface area (Å²) in [5.41, 5.74) is 1.44. The third-order valence-electron chi connectivity index (χ3n) is 4.34. The summed E-state index contributed by atoms with van der Waals surface area (Å²) in [7, 11) is 0. The molecule has 0 aliphatic carbocycles. The van der Waals surface area contributed by atoms with Gasteiger partial charge in [0.25, 0.3) is 0 Å². The molecule has 5 nitrogen and oxygen atoms in total. The molecule has 0 spiro atoms. The van der Waals surface area contributed by atoms with Crippen molar-refractivity contribution in [3.8, 4) is 23.4 Å². The molecule has 0 saturated heterocycles. The summed E-state index contributed by atoms with van der Waals surface area (Å²) in [6.07, 6.45) is 0.818. The Morgan fingerprint density at radius 3 is 2.43 bits per heavy atom. The number of benzene rings is 2. The van der Waals surface area contributed by atoms with Crippen LogP contribution in [0, 0.1) is 18.3 Å². The second-order valence-corrected chi connectivity index (χ2v) is 7.96. The summed E-state index contributed by atoms with van der Waals surface area (Å²) in [5.74, 6) is 0.167. The summed E-state index contributed by atoms with van der Waals surface area (Å²) in [4.78, 5) is 17.0. The molecule has 2 atom stereocenters. The molecule has 3 aromatic rings. The van der Waals surface area contributed by atoms with Crippen LogP contribution in [-0.2, 0) is 4.79 Å². The Hall–Kier alpha value is -2.88. The Labute approximate surface area is 188 Å². The predicted octanol–water partition coefficient (Wildman–Crippen LogP) is 6.24. The van der Waals surface area contributed by atoms with Gasteiger partial charge in [-0.2, -0.15) is 5.26 Å². The molecule has 0 amide bonds. The zero-order valence-electron chi connectivity index (χ0n) is 16.3. The lowest BCUT2D eigenvalue weighted by Gasteiger charge is -2.18. The first-order valence-electron chi connectivity index (χ1n) is 9.13. The molecule has 0 aliphatic rings. The third kappa shape index (κ3) is 5.38. The lowest BCUT2D eigenvalue weighted by Crippen LogP contribution is -2.29. The van der Waals surface area contributed by atoms with Crippen LogP contribution in [0.25, 0.3) is 0 Å². The van der Waals surface area contributed by atoms with Crippen molar-refractivity contribution >= 4 is 33.3 Å². The molecule has 3 rings (SSSR count). The normalized spacial score (nSPS) is 12.5. The molecular formula is C23H18BrClN2O3. The van der Waals surface area contributed by atoms with Crippen LogP contribution in [0.15, 0.2) is 65.3 Å². The van der Waals surface area contributed by atoms with Gasteiger partial charge in [-0.15, -0.1) is 0 Å². The molecule has 0 aliphatic heterocycles. The van der Waals surface area contributed by atoms with Crippen LogP contribution >= 0.6 is 27.5 Å². The highest BCUT2D eigenvalue weighted by Crippen LogP contribution is 2.29. The van der Waals surface area contributed by atoms with E-state index >= 15 is 0 Å². The number of Topliss-reactive ketones (excluding diaryl/α,β-unsaturated/α-hetero) is 1. The van der Waals surface area contributed by atoms with Gasteiger partial charge in [-0.1, -0.05) is 23.7 Å². The fraction of sp³-hybridized carbons (Fsp3) is 0.174. The van der Waals surface area contributed by atoms with Gasteiger partial charge in [0.15, 0.2) is 11.9 Å². The fourth-order valence-electron chi connectivity index (χ4n) is 2.78. The number of aromatic nitrogens is 1. The van der Waals surface area contributed by atoms with Gasteiger partial charge in [-0.05, 0) is 77.3 Å². The van der Waals surface area contributed by atoms with Gasteiger partial charge in [0.1, 0.15) is 17.4 Å². The van der Waals surface area contributed by atoms with E-state index in [1.54, 1.807) is 55.6 Å². The smallest absolute Gasteiger partial charge is 0.219 e. The van der Waals surface area contributed by atoms with Crippen LogP contribution in [0.1, 0.15) is 24.0 Å². The minimum absolute atomic E-state index is 0.359. The van der Waals surface area contributed by atoms with Gasteiger partial charge in [0.2, 0.25) is 5.88 Å². The van der Waals surface area contributed by atoms with Crippen molar-refractivity contribution in [1.29, 1.82) is 5.26 Å². The number of hydrogen-bond donors (Lipinski definition) is 0. The number of carbonyl (C=O) groups is 1. The van der Waals surface area contributed by atoms with E-state index in [9.17, 15) is 10.1 Å². The number of aryl methyl sites for hydroxylation is 1. The lowest BCUT2D eigenvalue weighted by atomic mass is 9.92. The lowest BCUT2D eigenvalue weighted by molar-refractivity contribution is -0.125. The maximum absolute atomic E-state index is 12.8. The van der Waals surface area contributed by atoms with E-state index in [1.165, 1.54) is 0 Å². The second kappa shape index (κ2) is 9.75. The van der Waals surface area contributed by atoms with Crippen molar-refractivity contribution in [2.75, 3.05) is 0 Å². The Kier molecular flexibility index (Phi) is 7.09. The van der Waals surface area contributed by atoms with Gasteiger partial charge in [-0.3, -0.25) is 4.79 Å². The molecule has 30 heavy (non-hydrogen) atoms. The highest BCUT2D eigenvalue weighted by molar-refractivity contribution is 9.10. The molecule has 7 heteroatoms. The highest BCUT2D eigenvalue weighted by atomic mass is 79.9. The summed E-state index contributed by atoms with van der Waals surface area (Å²) < 4.78 is 12.3. The summed E-state index contributed by atoms with van der Waals surface area (Å²) in [6.45, 7) is 3.51. The maximum Gasteiger partial charge on any atom is 0.219 e. The van der Waals surface area contributed by atoms with Crippen LogP contribution in [0.2, 0.25) is 5.02 Å². The van der Waals surface area contributed by atoms with E-state index in [-0.39, 0.29) is 5.78 Å². The van der Waals surface area contributed by atoms with Crippen LogP contribution in [0.3, 0.4) is 0 Å². The second-order valence-electron chi connectivity index (χ2n) is 6.64. The number of ketones is 1. The number of carbonyl (C=O) groups excluding carboxylic acids is 1. The Morgan fingerprint density at radius 2 is 1.83 bits per heavy atom. The van der Waals surface area contributed by atoms with Crippen LogP contribution in [0.5, 0.6) is 17.4 Å². The number of nitrogens with zero attached hydrogens (tertiary/aromatic N) is 2. The monoisotopic (exact) mass is 484 g/mol. The molecule has 0 fully saturated rings. The first-order valence-corrected chi connectivity index (χ1v) is 10.3. The number of ether oxygens (including phenoxy) is 2. The van der Waals surface area contributed by atoms with Crippen molar-refractivity contribution in [3.05, 3.63) is 81.4 Å². The first kappa shape index (κ1) is 21.8. The molecule has 2 aromatic carbocycles. The zero-order chi connectivity index (χ0) is 21.7. The average Bonchev–Trinajstić information content (AvgIpc) is 2.73. The zero-order valence-corrected chi connectivity index (χ0v) is 18.6. The van der Waals surface area contributed by atoms with Crippen LogP contribution < -0.4 is 9.47 Å². The van der Waals surface area contributed by atoms with Crippen molar-refractivity contribution in [2.45, 2.75) is 25.9 Å². The fourth-order valence-corrected chi connectivity index (χ4v) is 3.36. The molecule has 0 radical (unpaired) electrons. The van der Waals surface area contributed by atoms with E-state index in [2.05, 4.69) is 20.9 Å². The Bertz CT molecular complexity index is 1080.